The fraction of sp³-hybridized carbons (Fsp3) is 0.824. The fourth-order valence-corrected chi connectivity index (χ4v) is 3.69. The molecule has 1 aromatic rings. The molecule has 3 rings (SSSR count). The molecule has 0 spiro atoms. The van der Waals surface area contributed by atoms with Crippen LogP contribution in [0.25, 0.3) is 0 Å². The highest BCUT2D eigenvalue weighted by Gasteiger charge is 2.21. The quantitative estimate of drug-likeness (QED) is 0.798. The second-order valence-corrected chi connectivity index (χ2v) is 7.30. The molecule has 1 aliphatic carbocycles. The van der Waals surface area contributed by atoms with Crippen LogP contribution in [0, 0.1) is 0 Å². The van der Waals surface area contributed by atoms with E-state index in [0.717, 1.165) is 38.4 Å². The first-order valence-electron chi connectivity index (χ1n) is 9.17. The van der Waals surface area contributed by atoms with E-state index in [-0.39, 0.29) is 5.91 Å². The summed E-state index contributed by atoms with van der Waals surface area (Å²) in [6, 6.07) is 0.663. The van der Waals surface area contributed by atoms with Gasteiger partial charge in [-0.25, -0.2) is 4.68 Å². The van der Waals surface area contributed by atoms with Gasteiger partial charge in [0, 0.05) is 38.8 Å². The minimum absolute atomic E-state index is 0.139. The van der Waals surface area contributed by atoms with E-state index >= 15 is 0 Å². The Bertz CT molecular complexity index is 531. The van der Waals surface area contributed by atoms with Crippen molar-refractivity contribution in [2.24, 2.45) is 0 Å². The van der Waals surface area contributed by atoms with Gasteiger partial charge in [0.2, 0.25) is 5.91 Å². The SMILES string of the molecule is CN1CCN(C(=O)Cn2cc(CN(C)C3CCCCC3)nn2)CC1. The van der Waals surface area contributed by atoms with Crippen molar-refractivity contribution in [3.8, 4) is 0 Å². The van der Waals surface area contributed by atoms with Crippen LogP contribution in [0.2, 0.25) is 0 Å². The number of aromatic nitrogens is 3. The summed E-state index contributed by atoms with van der Waals surface area (Å²) in [6.07, 6.45) is 8.53. The highest BCUT2D eigenvalue weighted by atomic mass is 16.2. The van der Waals surface area contributed by atoms with Gasteiger partial charge in [0.15, 0.2) is 0 Å². The standard InChI is InChI=1S/C17H30N6O/c1-20-8-10-22(11-9-20)17(24)14-23-13-15(18-19-23)12-21(2)16-6-4-3-5-7-16/h13,16H,3-12,14H2,1-2H3. The second-order valence-electron chi connectivity index (χ2n) is 7.30. The number of rotatable bonds is 5. The lowest BCUT2D eigenvalue weighted by molar-refractivity contribution is -0.133. The zero-order valence-corrected chi connectivity index (χ0v) is 15.0. The van der Waals surface area contributed by atoms with Crippen LogP contribution in [0.4, 0.5) is 0 Å². The van der Waals surface area contributed by atoms with Crippen LogP contribution in [-0.2, 0) is 17.9 Å². The molecule has 1 aromatic heterocycles. The van der Waals surface area contributed by atoms with E-state index in [0.29, 0.717) is 12.6 Å². The van der Waals surface area contributed by atoms with Crippen molar-refractivity contribution in [3.63, 3.8) is 0 Å². The monoisotopic (exact) mass is 334 g/mol. The first kappa shape index (κ1) is 17.4. The molecule has 134 valence electrons. The number of carbonyl (C=O) groups is 1. The topological polar surface area (TPSA) is 57.5 Å². The molecule has 0 unspecified atom stereocenters. The lowest BCUT2D eigenvalue weighted by Crippen LogP contribution is -2.48. The maximum atomic E-state index is 12.4. The smallest absolute Gasteiger partial charge is 0.244 e. The molecule has 0 N–H and O–H groups in total. The van der Waals surface area contributed by atoms with Crippen LogP contribution in [0.3, 0.4) is 0 Å². The number of piperazine rings is 1. The van der Waals surface area contributed by atoms with Gasteiger partial charge in [-0.05, 0) is 26.9 Å². The van der Waals surface area contributed by atoms with E-state index in [1.165, 1.54) is 32.1 Å². The Balaban J connectivity index is 1.48. The molecule has 24 heavy (non-hydrogen) atoms. The summed E-state index contributed by atoms with van der Waals surface area (Å²) in [6.45, 7) is 4.61. The Morgan fingerprint density at radius 2 is 1.92 bits per heavy atom. The Morgan fingerprint density at radius 1 is 1.21 bits per heavy atom. The zero-order valence-electron chi connectivity index (χ0n) is 15.0. The van der Waals surface area contributed by atoms with Crippen molar-refractivity contribution in [2.75, 3.05) is 40.3 Å². The van der Waals surface area contributed by atoms with Gasteiger partial charge in [-0.2, -0.15) is 0 Å². The summed E-state index contributed by atoms with van der Waals surface area (Å²) < 4.78 is 1.69. The summed E-state index contributed by atoms with van der Waals surface area (Å²) in [5, 5.41) is 8.40. The molecule has 0 aromatic carbocycles. The summed E-state index contributed by atoms with van der Waals surface area (Å²) >= 11 is 0. The molecule has 1 saturated carbocycles. The second kappa shape index (κ2) is 8.07. The van der Waals surface area contributed by atoms with Gasteiger partial charge in [-0.1, -0.05) is 24.5 Å². The van der Waals surface area contributed by atoms with Crippen molar-refractivity contribution in [2.45, 2.75) is 51.2 Å². The third-order valence-electron chi connectivity index (χ3n) is 5.35. The number of likely N-dealkylation sites (N-methyl/N-ethyl adjacent to an activating group) is 1. The van der Waals surface area contributed by atoms with Gasteiger partial charge in [0.1, 0.15) is 6.54 Å². The Kier molecular flexibility index (Phi) is 5.84. The molecule has 0 radical (unpaired) electrons. The van der Waals surface area contributed by atoms with Gasteiger partial charge in [-0.3, -0.25) is 9.69 Å². The minimum atomic E-state index is 0.139. The molecule has 2 heterocycles. The summed E-state index contributed by atoms with van der Waals surface area (Å²) in [7, 11) is 4.26. The first-order valence-corrected chi connectivity index (χ1v) is 9.17. The van der Waals surface area contributed by atoms with Crippen molar-refractivity contribution >= 4 is 5.91 Å². The third kappa shape index (κ3) is 4.54. The van der Waals surface area contributed by atoms with E-state index in [1.807, 2.05) is 11.1 Å². The number of nitrogens with zero attached hydrogens (tertiary/aromatic N) is 6. The van der Waals surface area contributed by atoms with Crippen LogP contribution in [0.1, 0.15) is 37.8 Å². The lowest BCUT2D eigenvalue weighted by Gasteiger charge is -2.32. The van der Waals surface area contributed by atoms with Gasteiger partial charge >= 0.3 is 0 Å². The molecular weight excluding hydrogens is 304 g/mol. The average molecular weight is 334 g/mol. The summed E-state index contributed by atoms with van der Waals surface area (Å²) in [5.74, 6) is 0.139. The van der Waals surface area contributed by atoms with E-state index in [2.05, 4.69) is 34.2 Å². The van der Waals surface area contributed by atoms with E-state index < -0.39 is 0 Å². The fourth-order valence-electron chi connectivity index (χ4n) is 3.69. The van der Waals surface area contributed by atoms with Crippen molar-refractivity contribution in [1.82, 2.24) is 29.7 Å². The summed E-state index contributed by atoms with van der Waals surface area (Å²) in [5.41, 5.74) is 0.953. The predicted octanol–water partition coefficient (Wildman–Crippen LogP) is 0.817. The van der Waals surface area contributed by atoms with Crippen LogP contribution in [-0.4, -0.2) is 81.9 Å². The predicted molar refractivity (Wildman–Crippen MR) is 92.4 cm³/mol. The van der Waals surface area contributed by atoms with Crippen molar-refractivity contribution in [3.05, 3.63) is 11.9 Å². The lowest BCUT2D eigenvalue weighted by atomic mass is 9.94. The van der Waals surface area contributed by atoms with Gasteiger partial charge in [-0.15, -0.1) is 5.10 Å². The average Bonchev–Trinajstić information content (AvgIpc) is 3.03. The van der Waals surface area contributed by atoms with Crippen molar-refractivity contribution < 1.29 is 4.79 Å². The molecule has 7 nitrogen and oxygen atoms in total. The maximum Gasteiger partial charge on any atom is 0.244 e. The summed E-state index contributed by atoms with van der Waals surface area (Å²) in [4.78, 5) is 18.9. The molecule has 1 amide bonds. The third-order valence-corrected chi connectivity index (χ3v) is 5.35. The van der Waals surface area contributed by atoms with E-state index in [9.17, 15) is 4.79 Å². The van der Waals surface area contributed by atoms with Crippen LogP contribution in [0.5, 0.6) is 0 Å². The molecule has 1 aliphatic heterocycles. The number of carbonyl (C=O) groups excluding carboxylic acids is 1. The van der Waals surface area contributed by atoms with E-state index in [1.54, 1.807) is 4.68 Å². The number of hydrogen-bond acceptors (Lipinski definition) is 5. The highest BCUT2D eigenvalue weighted by molar-refractivity contribution is 5.76. The molecule has 2 aliphatic rings. The number of hydrogen-bond donors (Lipinski definition) is 0. The van der Waals surface area contributed by atoms with E-state index in [4.69, 9.17) is 0 Å². The van der Waals surface area contributed by atoms with Crippen molar-refractivity contribution in [1.29, 1.82) is 0 Å². The molecule has 0 bridgehead atoms. The van der Waals surface area contributed by atoms with Gasteiger partial charge in [0.25, 0.3) is 0 Å². The molecule has 0 atom stereocenters. The maximum absolute atomic E-state index is 12.4. The minimum Gasteiger partial charge on any atom is -0.339 e. The molecule has 7 heteroatoms. The van der Waals surface area contributed by atoms with Crippen LogP contribution in [0.15, 0.2) is 6.20 Å². The zero-order chi connectivity index (χ0) is 16.9. The Hall–Kier alpha value is -1.47. The molecule has 1 saturated heterocycles. The van der Waals surface area contributed by atoms with Gasteiger partial charge in [0.05, 0.1) is 11.9 Å². The van der Waals surface area contributed by atoms with Gasteiger partial charge < -0.3 is 9.80 Å². The molecular formula is C17H30N6O. The largest absolute Gasteiger partial charge is 0.339 e. The van der Waals surface area contributed by atoms with Crippen LogP contribution >= 0.6 is 0 Å². The Morgan fingerprint density at radius 3 is 2.62 bits per heavy atom. The normalized spacial score (nSPS) is 20.7. The Labute approximate surface area is 144 Å². The van der Waals surface area contributed by atoms with Crippen LogP contribution < -0.4 is 0 Å². The molecule has 2 fully saturated rings. The number of amides is 1. The first-order chi connectivity index (χ1) is 11.6. The highest BCUT2D eigenvalue weighted by Crippen LogP contribution is 2.22.